The molecule has 0 radical (unpaired) electrons. The summed E-state index contributed by atoms with van der Waals surface area (Å²) >= 11 is 5.08. The summed E-state index contributed by atoms with van der Waals surface area (Å²) in [5, 5.41) is 0. The van der Waals surface area contributed by atoms with Crippen LogP contribution in [0.15, 0.2) is 17.1 Å². The van der Waals surface area contributed by atoms with Crippen LogP contribution in [0.2, 0.25) is 0 Å². The van der Waals surface area contributed by atoms with Gasteiger partial charge in [0.1, 0.15) is 6.23 Å². The maximum absolute atomic E-state index is 11.0. The average Bonchev–Trinajstić information content (AvgIpc) is 2.66. The lowest BCUT2D eigenvalue weighted by atomic mass is 10.2. The van der Waals surface area contributed by atoms with E-state index in [9.17, 15) is 4.79 Å². The van der Waals surface area contributed by atoms with Crippen LogP contribution in [-0.4, -0.2) is 15.7 Å². The molecule has 0 aliphatic carbocycles. The summed E-state index contributed by atoms with van der Waals surface area (Å²) in [7, 11) is 0. The number of nitrogens with one attached hydrogen (secondary N) is 1. The van der Waals surface area contributed by atoms with Gasteiger partial charge in [0.25, 0.3) is 5.56 Å². The molecule has 0 aromatic carbocycles. The standard InChI is InChI=1S/C10H14N2O2S/c1-2-7-3-4-9(14-7)12-6-5-8(13)11-10(12)15/h5-7,9H,2-4H2,1H3,(H,11,13,15). The Balaban J connectivity index is 2.24. The number of nitrogens with zero attached hydrogens (tertiary/aromatic N) is 1. The van der Waals surface area contributed by atoms with E-state index in [4.69, 9.17) is 17.0 Å². The number of aromatic nitrogens is 2. The molecule has 1 saturated heterocycles. The fourth-order valence-electron chi connectivity index (χ4n) is 1.85. The summed E-state index contributed by atoms with van der Waals surface area (Å²) in [5.74, 6) is 0. The molecule has 2 unspecified atom stereocenters. The summed E-state index contributed by atoms with van der Waals surface area (Å²) in [6.45, 7) is 2.11. The highest BCUT2D eigenvalue weighted by atomic mass is 32.1. The van der Waals surface area contributed by atoms with Crippen molar-refractivity contribution in [3.8, 4) is 0 Å². The zero-order chi connectivity index (χ0) is 10.8. The Morgan fingerprint density at radius 2 is 2.47 bits per heavy atom. The highest BCUT2D eigenvalue weighted by Crippen LogP contribution is 2.29. The van der Waals surface area contributed by atoms with Gasteiger partial charge >= 0.3 is 0 Å². The predicted octanol–water partition coefficient (Wildman–Crippen LogP) is 1.99. The summed E-state index contributed by atoms with van der Waals surface area (Å²) in [6, 6.07) is 1.47. The van der Waals surface area contributed by atoms with Crippen LogP contribution in [0.25, 0.3) is 0 Å². The lowest BCUT2D eigenvalue weighted by Crippen LogP contribution is -2.16. The lowest BCUT2D eigenvalue weighted by molar-refractivity contribution is -0.000890. The van der Waals surface area contributed by atoms with Crippen LogP contribution < -0.4 is 5.56 Å². The van der Waals surface area contributed by atoms with Crippen LogP contribution in [0.5, 0.6) is 0 Å². The van der Waals surface area contributed by atoms with Crippen molar-refractivity contribution in [3.05, 3.63) is 27.4 Å². The quantitative estimate of drug-likeness (QED) is 0.784. The summed E-state index contributed by atoms with van der Waals surface area (Å²) < 4.78 is 8.04. The van der Waals surface area contributed by atoms with Crippen LogP contribution in [0.1, 0.15) is 32.4 Å². The van der Waals surface area contributed by atoms with Crippen molar-refractivity contribution in [1.29, 1.82) is 0 Å². The van der Waals surface area contributed by atoms with Crippen LogP contribution in [-0.2, 0) is 4.74 Å². The number of ether oxygens (including phenoxy) is 1. The molecule has 0 spiro atoms. The van der Waals surface area contributed by atoms with E-state index in [0.29, 0.717) is 10.9 Å². The Hall–Kier alpha value is -0.940. The minimum atomic E-state index is -0.165. The maximum atomic E-state index is 11.0. The Labute approximate surface area is 92.9 Å². The van der Waals surface area contributed by atoms with Gasteiger partial charge in [-0.15, -0.1) is 0 Å². The maximum Gasteiger partial charge on any atom is 0.251 e. The normalized spacial score (nSPS) is 25.7. The molecule has 2 atom stereocenters. The molecule has 0 saturated carbocycles. The second kappa shape index (κ2) is 4.28. The Kier molecular flexibility index (Phi) is 3.02. The number of rotatable bonds is 2. The molecule has 5 heteroatoms. The van der Waals surface area contributed by atoms with Crippen LogP contribution in [0.3, 0.4) is 0 Å². The van der Waals surface area contributed by atoms with Crippen molar-refractivity contribution in [2.24, 2.45) is 0 Å². The van der Waals surface area contributed by atoms with Crippen molar-refractivity contribution < 1.29 is 4.74 Å². The van der Waals surface area contributed by atoms with E-state index in [1.807, 2.05) is 4.57 Å². The van der Waals surface area contributed by atoms with Crippen LogP contribution in [0, 0.1) is 4.77 Å². The summed E-state index contributed by atoms with van der Waals surface area (Å²) in [5.41, 5.74) is -0.165. The van der Waals surface area contributed by atoms with E-state index >= 15 is 0 Å². The molecule has 1 fully saturated rings. The van der Waals surface area contributed by atoms with Gasteiger partial charge in [-0.1, -0.05) is 6.92 Å². The molecular weight excluding hydrogens is 212 g/mol. The highest BCUT2D eigenvalue weighted by molar-refractivity contribution is 7.71. The molecule has 1 aliphatic rings. The van der Waals surface area contributed by atoms with E-state index < -0.39 is 0 Å². The summed E-state index contributed by atoms with van der Waals surface area (Å²) in [4.78, 5) is 13.6. The zero-order valence-electron chi connectivity index (χ0n) is 8.60. The minimum absolute atomic E-state index is 0.0145. The van der Waals surface area contributed by atoms with Gasteiger partial charge in [0.05, 0.1) is 6.10 Å². The van der Waals surface area contributed by atoms with Gasteiger partial charge in [0.2, 0.25) is 0 Å². The number of aromatic amines is 1. The Morgan fingerprint density at radius 3 is 3.07 bits per heavy atom. The second-order valence-electron chi connectivity index (χ2n) is 3.72. The highest BCUT2D eigenvalue weighted by Gasteiger charge is 2.24. The first-order valence-corrected chi connectivity index (χ1v) is 5.58. The van der Waals surface area contributed by atoms with Gasteiger partial charge in [-0.2, -0.15) is 0 Å². The van der Waals surface area contributed by atoms with Gasteiger partial charge < -0.3 is 4.74 Å². The molecule has 2 heterocycles. The monoisotopic (exact) mass is 226 g/mol. The SMILES string of the molecule is CCC1CCC(n2ccc(=O)[nH]c2=S)O1. The lowest BCUT2D eigenvalue weighted by Gasteiger charge is -2.15. The molecule has 1 aromatic rings. The third-order valence-corrected chi connectivity index (χ3v) is 3.01. The number of hydrogen-bond donors (Lipinski definition) is 1. The van der Waals surface area contributed by atoms with E-state index in [1.54, 1.807) is 6.20 Å². The molecular formula is C10H14N2O2S. The van der Waals surface area contributed by atoms with Gasteiger partial charge in [0.15, 0.2) is 4.77 Å². The van der Waals surface area contributed by atoms with E-state index in [0.717, 1.165) is 19.3 Å². The van der Waals surface area contributed by atoms with Gasteiger partial charge in [-0.25, -0.2) is 0 Å². The first-order valence-electron chi connectivity index (χ1n) is 5.17. The molecule has 82 valence electrons. The molecule has 2 rings (SSSR count). The predicted molar refractivity (Wildman–Crippen MR) is 59.3 cm³/mol. The van der Waals surface area contributed by atoms with Crippen molar-refractivity contribution in [2.45, 2.75) is 38.5 Å². The van der Waals surface area contributed by atoms with Crippen molar-refractivity contribution in [2.75, 3.05) is 0 Å². The van der Waals surface area contributed by atoms with Crippen molar-refractivity contribution >= 4 is 12.2 Å². The van der Waals surface area contributed by atoms with E-state index in [2.05, 4.69) is 11.9 Å². The van der Waals surface area contributed by atoms with Gasteiger partial charge in [-0.05, 0) is 31.5 Å². The second-order valence-corrected chi connectivity index (χ2v) is 4.10. The molecule has 1 aliphatic heterocycles. The Bertz CT molecular complexity index is 451. The molecule has 0 amide bonds. The third kappa shape index (κ3) is 2.18. The molecule has 4 nitrogen and oxygen atoms in total. The Morgan fingerprint density at radius 1 is 1.67 bits per heavy atom. The fourth-order valence-corrected chi connectivity index (χ4v) is 2.12. The van der Waals surface area contributed by atoms with Gasteiger partial charge in [-0.3, -0.25) is 14.3 Å². The topological polar surface area (TPSA) is 47.0 Å². The first-order chi connectivity index (χ1) is 7.20. The van der Waals surface area contributed by atoms with Crippen LogP contribution >= 0.6 is 12.2 Å². The zero-order valence-corrected chi connectivity index (χ0v) is 9.42. The fraction of sp³-hybridized carbons (Fsp3) is 0.600. The average molecular weight is 226 g/mol. The third-order valence-electron chi connectivity index (χ3n) is 2.70. The molecule has 0 bridgehead atoms. The minimum Gasteiger partial charge on any atom is -0.355 e. The van der Waals surface area contributed by atoms with Crippen molar-refractivity contribution in [1.82, 2.24) is 9.55 Å². The number of hydrogen-bond acceptors (Lipinski definition) is 3. The number of H-pyrrole nitrogens is 1. The molecule has 15 heavy (non-hydrogen) atoms. The van der Waals surface area contributed by atoms with Crippen LogP contribution in [0.4, 0.5) is 0 Å². The van der Waals surface area contributed by atoms with E-state index in [1.165, 1.54) is 6.07 Å². The summed E-state index contributed by atoms with van der Waals surface area (Å²) in [6.07, 6.45) is 5.04. The largest absolute Gasteiger partial charge is 0.355 e. The van der Waals surface area contributed by atoms with Gasteiger partial charge in [0, 0.05) is 12.3 Å². The first kappa shape index (κ1) is 10.6. The van der Waals surface area contributed by atoms with E-state index in [-0.39, 0.29) is 11.8 Å². The smallest absolute Gasteiger partial charge is 0.251 e. The molecule has 1 N–H and O–H groups in total. The molecule has 1 aromatic heterocycles. The van der Waals surface area contributed by atoms with Crippen molar-refractivity contribution in [3.63, 3.8) is 0 Å².